The first-order valence-electron chi connectivity index (χ1n) is 3.26. The van der Waals surface area contributed by atoms with E-state index in [1.54, 1.807) is 12.1 Å². The van der Waals surface area contributed by atoms with E-state index in [2.05, 4.69) is 6.58 Å². The Kier molecular flexibility index (Phi) is 3.00. The molecule has 0 saturated carbocycles. The molecule has 0 saturated heterocycles. The fourth-order valence-electron chi connectivity index (χ4n) is 0.781. The van der Waals surface area contributed by atoms with Gasteiger partial charge in [-0.2, -0.15) is 0 Å². The quantitative estimate of drug-likeness (QED) is 0.679. The van der Waals surface area contributed by atoms with Gasteiger partial charge in [-0.1, -0.05) is 36.9 Å². The Morgan fingerprint density at radius 1 is 1.25 bits per heavy atom. The van der Waals surface area contributed by atoms with E-state index in [0.29, 0.717) is 5.56 Å². The monoisotopic (exact) mass is 220 g/mol. The molecule has 0 aliphatic heterocycles. The van der Waals surface area contributed by atoms with Gasteiger partial charge >= 0.3 is 0 Å². The summed E-state index contributed by atoms with van der Waals surface area (Å²) in [6.45, 7) is 3.57. The fraction of sp³-hybridized carbons (Fsp3) is 0. The maximum absolute atomic E-state index is 11.1. The normalized spacial score (nSPS) is 11.2. The Balaban J connectivity index is 3.03. The molecule has 0 fully saturated rings. The second kappa shape index (κ2) is 3.66. The van der Waals surface area contributed by atoms with E-state index in [1.807, 2.05) is 18.2 Å². The van der Waals surface area contributed by atoms with Crippen molar-refractivity contribution >= 4 is 33.6 Å². The maximum atomic E-state index is 11.1. The van der Waals surface area contributed by atoms with E-state index < -0.39 is 5.85 Å². The average Bonchev–Trinajstić information content (AvgIpc) is 2.03. The van der Waals surface area contributed by atoms with Crippen molar-refractivity contribution in [2.75, 3.05) is 0 Å². The smallest absolute Gasteiger partial charge is 0.281 e. The Bertz CT molecular complexity index is 328. The molecule has 1 rings (SSSR count). The van der Waals surface area contributed by atoms with Crippen LogP contribution < -0.4 is 0 Å². The molecule has 0 unspecified atom stereocenters. The third kappa shape index (κ3) is 2.38. The molecule has 1 aromatic carbocycles. The average molecular weight is 221 g/mol. The van der Waals surface area contributed by atoms with E-state index in [0.717, 1.165) is 0 Å². The molecule has 1 aromatic rings. The van der Waals surface area contributed by atoms with Crippen LogP contribution in [0.5, 0.6) is 0 Å². The van der Waals surface area contributed by atoms with Crippen LogP contribution in [0.25, 0.3) is 5.31 Å². The van der Waals surface area contributed by atoms with Crippen molar-refractivity contribution in [1.82, 2.24) is 0 Å². The largest absolute Gasteiger partial charge is 0.284 e. The lowest BCUT2D eigenvalue weighted by Gasteiger charge is -2.05. The molecule has 0 bridgehead atoms. The molecule has 64 valence electrons. The summed E-state index contributed by atoms with van der Waals surface area (Å²) in [7, 11) is 0. The maximum Gasteiger partial charge on any atom is 0.281 e. The molecule has 1 nitrogen and oxygen atoms in total. The molecule has 0 heterocycles. The summed E-state index contributed by atoms with van der Waals surface area (Å²) < 4.78 is 11.1. The molecule has 0 aromatic heterocycles. The van der Waals surface area contributed by atoms with Gasteiger partial charge in [-0.15, -0.1) is 0 Å². The molecule has 0 aliphatic rings. The number of halogens is 2. The molecule has 0 radical (unpaired) electrons. The Morgan fingerprint density at radius 2 is 1.75 bits per heavy atom. The summed E-state index contributed by atoms with van der Waals surface area (Å²) in [6.07, 6.45) is 0. The summed E-state index contributed by atoms with van der Waals surface area (Å²) >= 11 is 10.9. The van der Waals surface area contributed by atoms with Gasteiger partial charge in [0.1, 0.15) is 0 Å². The third-order valence-corrected chi connectivity index (χ3v) is 3.53. The highest BCUT2D eigenvalue weighted by Gasteiger charge is 2.19. The van der Waals surface area contributed by atoms with E-state index >= 15 is 0 Å². The summed E-state index contributed by atoms with van der Waals surface area (Å²) in [5, 5.41) is 0.284. The van der Waals surface area contributed by atoms with Crippen molar-refractivity contribution in [3.8, 4) is 0 Å². The van der Waals surface area contributed by atoms with Crippen LogP contribution in [0.15, 0.2) is 36.9 Å². The van der Waals surface area contributed by atoms with Crippen LogP contribution in [0.4, 0.5) is 0 Å². The van der Waals surface area contributed by atoms with Crippen molar-refractivity contribution in [1.29, 1.82) is 0 Å². The first kappa shape index (κ1) is 9.85. The Labute approximate surface area is 81.0 Å². The number of benzene rings is 1. The van der Waals surface area contributed by atoms with E-state index in [1.165, 1.54) is 0 Å². The van der Waals surface area contributed by atoms with E-state index in [4.69, 9.17) is 22.5 Å². The van der Waals surface area contributed by atoms with Crippen LogP contribution >= 0.6 is 28.3 Å². The highest BCUT2D eigenvalue weighted by Crippen LogP contribution is 2.66. The number of hydrogen-bond donors (Lipinski definition) is 0. The molecule has 0 N–H and O–H groups in total. The highest BCUT2D eigenvalue weighted by atomic mass is 35.9. The molecule has 0 spiro atoms. The van der Waals surface area contributed by atoms with Gasteiger partial charge in [0.25, 0.3) is 5.85 Å². The predicted molar refractivity (Wildman–Crippen MR) is 54.8 cm³/mol. The lowest BCUT2D eigenvalue weighted by atomic mass is 10.2. The van der Waals surface area contributed by atoms with E-state index in [-0.39, 0.29) is 5.31 Å². The summed E-state index contributed by atoms with van der Waals surface area (Å²) in [5.74, 6) is -3.23. The lowest BCUT2D eigenvalue weighted by molar-refractivity contribution is 0.598. The van der Waals surface area contributed by atoms with Gasteiger partial charge in [0.2, 0.25) is 0 Å². The lowest BCUT2D eigenvalue weighted by Crippen LogP contribution is -1.76. The van der Waals surface area contributed by atoms with Gasteiger partial charge in [-0.3, -0.25) is 4.57 Å². The molecule has 4 heteroatoms. The summed E-state index contributed by atoms with van der Waals surface area (Å²) in [4.78, 5) is 0. The first-order chi connectivity index (χ1) is 5.52. The molecule has 0 atom stereocenters. The molecule has 12 heavy (non-hydrogen) atoms. The summed E-state index contributed by atoms with van der Waals surface area (Å²) in [6, 6.07) is 9.00. The van der Waals surface area contributed by atoms with E-state index in [9.17, 15) is 4.57 Å². The minimum absolute atomic E-state index is 0.284. The first-order valence-corrected chi connectivity index (χ1v) is 6.78. The zero-order valence-electron chi connectivity index (χ0n) is 6.21. The molecular weight excluding hydrogens is 214 g/mol. The molecule has 0 aliphatic carbocycles. The van der Waals surface area contributed by atoms with Crippen molar-refractivity contribution in [2.24, 2.45) is 0 Å². The topological polar surface area (TPSA) is 17.1 Å². The van der Waals surface area contributed by atoms with Crippen molar-refractivity contribution < 1.29 is 4.57 Å². The van der Waals surface area contributed by atoms with Crippen molar-refractivity contribution in [2.45, 2.75) is 0 Å². The van der Waals surface area contributed by atoms with Crippen molar-refractivity contribution in [3.05, 3.63) is 42.5 Å². The third-order valence-electron chi connectivity index (χ3n) is 1.42. The minimum atomic E-state index is -3.23. The fourth-order valence-corrected chi connectivity index (χ4v) is 1.82. The van der Waals surface area contributed by atoms with Gasteiger partial charge in [-0.05, 0) is 28.0 Å². The zero-order valence-corrected chi connectivity index (χ0v) is 8.61. The number of rotatable bonds is 2. The standard InChI is InChI=1S/C8H7Cl2OP/c1-7(12(9,10)11)8-5-3-2-4-6-8/h2-6H,1H2. The van der Waals surface area contributed by atoms with Gasteiger partial charge in [-0.25, -0.2) is 0 Å². The van der Waals surface area contributed by atoms with Gasteiger partial charge in [0, 0.05) is 5.31 Å². The summed E-state index contributed by atoms with van der Waals surface area (Å²) in [5.41, 5.74) is 0.714. The van der Waals surface area contributed by atoms with Crippen LogP contribution in [0.1, 0.15) is 5.56 Å². The van der Waals surface area contributed by atoms with Crippen LogP contribution in [-0.4, -0.2) is 0 Å². The molecular formula is C8H7Cl2OP. The number of hydrogen-bond acceptors (Lipinski definition) is 1. The van der Waals surface area contributed by atoms with Gasteiger partial charge in [0.15, 0.2) is 0 Å². The van der Waals surface area contributed by atoms with Crippen LogP contribution in [0.2, 0.25) is 0 Å². The molecule has 0 amide bonds. The highest BCUT2D eigenvalue weighted by molar-refractivity contribution is 8.15. The van der Waals surface area contributed by atoms with Crippen LogP contribution in [0.3, 0.4) is 0 Å². The van der Waals surface area contributed by atoms with Crippen LogP contribution in [0, 0.1) is 0 Å². The Morgan fingerprint density at radius 3 is 2.17 bits per heavy atom. The van der Waals surface area contributed by atoms with Gasteiger partial charge in [0.05, 0.1) is 0 Å². The van der Waals surface area contributed by atoms with Crippen LogP contribution in [-0.2, 0) is 4.57 Å². The predicted octanol–water partition coefficient (Wildman–Crippen LogP) is 4.33. The second-order valence-electron chi connectivity index (χ2n) is 2.27. The zero-order chi connectivity index (χ0) is 9.19. The SMILES string of the molecule is C=C(c1ccccc1)P(=O)(Cl)Cl. The Hall–Kier alpha value is -0.230. The van der Waals surface area contributed by atoms with Gasteiger partial charge < -0.3 is 0 Å². The minimum Gasteiger partial charge on any atom is -0.284 e. The second-order valence-corrected chi connectivity index (χ2v) is 7.11. The van der Waals surface area contributed by atoms with Crippen molar-refractivity contribution in [3.63, 3.8) is 0 Å².